The fraction of sp³-hybridized carbons (Fsp3) is 0.409. The number of carbonyl (C=O) groups excluding carboxylic acids is 1. The van der Waals surface area contributed by atoms with E-state index in [0.717, 1.165) is 29.9 Å². The van der Waals surface area contributed by atoms with Crippen molar-refractivity contribution in [1.29, 1.82) is 0 Å². The summed E-state index contributed by atoms with van der Waals surface area (Å²) in [5.74, 6) is 1.63. The second kappa shape index (κ2) is 8.75. The minimum Gasteiger partial charge on any atom is -0.486 e. The summed E-state index contributed by atoms with van der Waals surface area (Å²) in [6.45, 7) is 6.06. The Morgan fingerprint density at radius 2 is 1.69 bits per heavy atom. The molecule has 0 unspecified atom stereocenters. The highest BCUT2D eigenvalue weighted by Gasteiger charge is 2.12. The number of ether oxygens (including phenoxy) is 2. The van der Waals surface area contributed by atoms with Crippen molar-refractivity contribution in [1.82, 2.24) is 5.32 Å². The molecule has 1 amide bonds. The smallest absolute Gasteiger partial charge is 0.220 e. The molecule has 4 heteroatoms. The van der Waals surface area contributed by atoms with E-state index < -0.39 is 0 Å². The summed E-state index contributed by atoms with van der Waals surface area (Å²) in [4.78, 5) is 12.3. The van der Waals surface area contributed by atoms with Gasteiger partial charge in [0.2, 0.25) is 5.91 Å². The van der Waals surface area contributed by atoms with Crippen molar-refractivity contribution in [2.24, 2.45) is 0 Å². The van der Waals surface area contributed by atoms with Crippen LogP contribution in [0.25, 0.3) is 0 Å². The van der Waals surface area contributed by atoms with Gasteiger partial charge < -0.3 is 14.8 Å². The van der Waals surface area contributed by atoms with Gasteiger partial charge in [0, 0.05) is 13.0 Å². The first-order chi connectivity index (χ1) is 12.7. The highest BCUT2D eigenvalue weighted by Crippen LogP contribution is 2.31. The van der Waals surface area contributed by atoms with Crippen LogP contribution in [0.2, 0.25) is 0 Å². The first kappa shape index (κ1) is 18.3. The molecule has 0 aliphatic carbocycles. The van der Waals surface area contributed by atoms with Crippen LogP contribution in [0.4, 0.5) is 0 Å². The van der Waals surface area contributed by atoms with Crippen molar-refractivity contribution in [3.8, 4) is 11.5 Å². The zero-order valence-electron chi connectivity index (χ0n) is 15.6. The number of carbonyl (C=O) groups is 1. The van der Waals surface area contributed by atoms with Crippen LogP contribution in [-0.2, 0) is 30.6 Å². The number of fused-ring (bicyclic) bond motifs is 1. The van der Waals surface area contributed by atoms with Crippen LogP contribution in [0.15, 0.2) is 36.4 Å². The van der Waals surface area contributed by atoms with Crippen molar-refractivity contribution in [3.63, 3.8) is 0 Å². The number of hydrogen-bond donors (Lipinski definition) is 1. The van der Waals surface area contributed by atoms with E-state index in [4.69, 9.17) is 9.47 Å². The standard InChI is InChI=1S/C22H27NO3/c1-3-16-5-8-18(4-2)19(13-16)15-23-22(24)10-7-17-6-9-20-21(14-17)26-12-11-25-20/h5-6,8-9,13-14H,3-4,7,10-12,15H2,1-2H3,(H,23,24). The molecule has 1 heterocycles. The van der Waals surface area contributed by atoms with Crippen LogP contribution in [0, 0.1) is 0 Å². The number of aryl methyl sites for hydroxylation is 3. The lowest BCUT2D eigenvalue weighted by atomic mass is 10.0. The molecule has 0 spiro atoms. The average Bonchev–Trinajstić information content (AvgIpc) is 2.70. The zero-order valence-corrected chi connectivity index (χ0v) is 15.6. The SMILES string of the molecule is CCc1ccc(CC)c(CNC(=O)CCc2ccc3c(c2)OCCO3)c1. The summed E-state index contributed by atoms with van der Waals surface area (Å²) in [5, 5.41) is 3.06. The molecule has 3 rings (SSSR count). The second-order valence-corrected chi connectivity index (χ2v) is 6.56. The summed E-state index contributed by atoms with van der Waals surface area (Å²) in [5.41, 5.74) is 4.92. The molecule has 0 bridgehead atoms. The van der Waals surface area contributed by atoms with Gasteiger partial charge in [0.15, 0.2) is 11.5 Å². The van der Waals surface area contributed by atoms with E-state index in [9.17, 15) is 4.79 Å². The third-order valence-electron chi connectivity index (χ3n) is 4.78. The first-order valence-corrected chi connectivity index (χ1v) is 9.45. The van der Waals surface area contributed by atoms with E-state index in [1.165, 1.54) is 16.7 Å². The molecule has 0 aromatic heterocycles. The van der Waals surface area contributed by atoms with Gasteiger partial charge in [-0.3, -0.25) is 4.79 Å². The van der Waals surface area contributed by atoms with E-state index in [0.29, 0.717) is 32.6 Å². The van der Waals surface area contributed by atoms with E-state index in [2.05, 4.69) is 37.4 Å². The maximum absolute atomic E-state index is 12.3. The molecule has 0 atom stereocenters. The summed E-state index contributed by atoms with van der Waals surface area (Å²) in [6, 6.07) is 12.5. The monoisotopic (exact) mass is 353 g/mol. The van der Waals surface area contributed by atoms with Crippen LogP contribution in [0.5, 0.6) is 11.5 Å². The summed E-state index contributed by atoms with van der Waals surface area (Å²) < 4.78 is 11.1. The first-order valence-electron chi connectivity index (χ1n) is 9.45. The van der Waals surface area contributed by atoms with Gasteiger partial charge in [0.05, 0.1) is 0 Å². The van der Waals surface area contributed by atoms with E-state index in [-0.39, 0.29) is 5.91 Å². The van der Waals surface area contributed by atoms with Gasteiger partial charge in [-0.25, -0.2) is 0 Å². The predicted molar refractivity (Wildman–Crippen MR) is 103 cm³/mol. The number of rotatable bonds is 7. The summed E-state index contributed by atoms with van der Waals surface area (Å²) in [6.07, 6.45) is 3.15. The quantitative estimate of drug-likeness (QED) is 0.823. The molecule has 1 aliphatic heterocycles. The van der Waals surface area contributed by atoms with Gasteiger partial charge in [-0.15, -0.1) is 0 Å². The zero-order chi connectivity index (χ0) is 18.4. The Labute approximate surface area is 155 Å². The molecule has 2 aromatic rings. The Kier molecular flexibility index (Phi) is 6.16. The fourth-order valence-corrected chi connectivity index (χ4v) is 3.19. The van der Waals surface area contributed by atoms with Gasteiger partial charge in [-0.1, -0.05) is 38.1 Å². The molecule has 0 saturated heterocycles. The summed E-state index contributed by atoms with van der Waals surface area (Å²) >= 11 is 0. The molecule has 26 heavy (non-hydrogen) atoms. The summed E-state index contributed by atoms with van der Waals surface area (Å²) in [7, 11) is 0. The molecule has 2 aromatic carbocycles. The van der Waals surface area contributed by atoms with E-state index in [1.807, 2.05) is 18.2 Å². The average molecular weight is 353 g/mol. The number of amides is 1. The van der Waals surface area contributed by atoms with Crippen LogP contribution in [0.3, 0.4) is 0 Å². The molecule has 138 valence electrons. The van der Waals surface area contributed by atoms with Crippen LogP contribution in [0.1, 0.15) is 42.5 Å². The predicted octanol–water partition coefficient (Wildman–Crippen LogP) is 3.83. The highest BCUT2D eigenvalue weighted by molar-refractivity contribution is 5.76. The normalized spacial score (nSPS) is 12.7. The van der Waals surface area contributed by atoms with Crippen LogP contribution < -0.4 is 14.8 Å². The van der Waals surface area contributed by atoms with Gasteiger partial charge in [0.1, 0.15) is 13.2 Å². The van der Waals surface area contributed by atoms with Crippen molar-refractivity contribution in [2.75, 3.05) is 13.2 Å². The van der Waals surface area contributed by atoms with E-state index in [1.54, 1.807) is 0 Å². The second-order valence-electron chi connectivity index (χ2n) is 6.56. The van der Waals surface area contributed by atoms with Crippen molar-refractivity contribution in [2.45, 2.75) is 46.1 Å². The third-order valence-corrected chi connectivity index (χ3v) is 4.78. The molecular weight excluding hydrogens is 326 g/mol. The van der Waals surface area contributed by atoms with Gasteiger partial charge in [-0.05, 0) is 53.6 Å². The number of benzene rings is 2. The van der Waals surface area contributed by atoms with Gasteiger partial charge >= 0.3 is 0 Å². The minimum absolute atomic E-state index is 0.0730. The number of nitrogens with one attached hydrogen (secondary N) is 1. The third kappa shape index (κ3) is 4.57. The van der Waals surface area contributed by atoms with Gasteiger partial charge in [-0.2, -0.15) is 0 Å². The maximum atomic E-state index is 12.3. The maximum Gasteiger partial charge on any atom is 0.220 e. The Balaban J connectivity index is 1.53. The Bertz CT molecular complexity index is 770. The molecule has 0 radical (unpaired) electrons. The largest absolute Gasteiger partial charge is 0.486 e. The van der Waals surface area contributed by atoms with Crippen LogP contribution in [-0.4, -0.2) is 19.1 Å². The Hall–Kier alpha value is -2.49. The van der Waals surface area contributed by atoms with Crippen LogP contribution >= 0.6 is 0 Å². The lowest BCUT2D eigenvalue weighted by Gasteiger charge is -2.18. The number of hydrogen-bond acceptors (Lipinski definition) is 3. The minimum atomic E-state index is 0.0730. The molecule has 0 fully saturated rings. The van der Waals surface area contributed by atoms with Crippen molar-refractivity contribution in [3.05, 3.63) is 58.7 Å². The molecule has 0 saturated carbocycles. The fourth-order valence-electron chi connectivity index (χ4n) is 3.19. The molecule has 1 N–H and O–H groups in total. The lowest BCUT2D eigenvalue weighted by Crippen LogP contribution is -2.23. The highest BCUT2D eigenvalue weighted by atomic mass is 16.6. The van der Waals surface area contributed by atoms with Crippen molar-refractivity contribution < 1.29 is 14.3 Å². The molecule has 1 aliphatic rings. The van der Waals surface area contributed by atoms with Crippen molar-refractivity contribution >= 4 is 5.91 Å². The lowest BCUT2D eigenvalue weighted by molar-refractivity contribution is -0.121. The van der Waals surface area contributed by atoms with E-state index >= 15 is 0 Å². The van der Waals surface area contributed by atoms with Gasteiger partial charge in [0.25, 0.3) is 0 Å². The topological polar surface area (TPSA) is 47.6 Å². The Morgan fingerprint density at radius 3 is 2.46 bits per heavy atom. The Morgan fingerprint density at radius 1 is 0.923 bits per heavy atom. The molecule has 4 nitrogen and oxygen atoms in total. The molecular formula is C22H27NO3.